The summed E-state index contributed by atoms with van der Waals surface area (Å²) in [6.45, 7) is 4.43. The van der Waals surface area contributed by atoms with Crippen LogP contribution in [0.5, 0.6) is 5.75 Å². The molecule has 6 heteroatoms. The van der Waals surface area contributed by atoms with E-state index in [-0.39, 0.29) is 23.5 Å². The number of hydrogen-bond donors (Lipinski definition) is 1. The first-order valence-electron chi connectivity index (χ1n) is 7.21. The van der Waals surface area contributed by atoms with Crippen molar-refractivity contribution in [3.05, 3.63) is 23.8 Å². The van der Waals surface area contributed by atoms with Crippen LogP contribution in [0.3, 0.4) is 0 Å². The lowest BCUT2D eigenvalue weighted by Gasteiger charge is -2.27. The second kappa shape index (κ2) is 6.34. The van der Waals surface area contributed by atoms with Gasteiger partial charge in [0.05, 0.1) is 13.7 Å². The third-order valence-corrected chi connectivity index (χ3v) is 5.96. The number of hydrogen-bond acceptors (Lipinski definition) is 4. The Morgan fingerprint density at radius 2 is 2.14 bits per heavy atom. The van der Waals surface area contributed by atoms with Gasteiger partial charge in [-0.05, 0) is 36.5 Å². The van der Waals surface area contributed by atoms with Crippen molar-refractivity contribution in [1.82, 2.24) is 4.31 Å². The summed E-state index contributed by atoms with van der Waals surface area (Å²) in [5.74, 6) is 0.593. The molecule has 1 heterocycles. The molecule has 1 aliphatic heterocycles. The van der Waals surface area contributed by atoms with Gasteiger partial charge in [-0.1, -0.05) is 19.9 Å². The lowest BCUT2D eigenvalue weighted by atomic mass is 10.0. The molecule has 2 rings (SSSR count). The van der Waals surface area contributed by atoms with Crippen LogP contribution in [0.1, 0.15) is 32.3 Å². The molecule has 0 saturated carbocycles. The van der Waals surface area contributed by atoms with Crippen molar-refractivity contribution in [3.63, 3.8) is 0 Å². The Morgan fingerprint density at radius 3 is 2.71 bits per heavy atom. The van der Waals surface area contributed by atoms with E-state index < -0.39 is 10.0 Å². The van der Waals surface area contributed by atoms with Gasteiger partial charge in [0.15, 0.2) is 0 Å². The maximum Gasteiger partial charge on any atom is 0.247 e. The molecule has 118 valence electrons. The minimum Gasteiger partial charge on any atom is -0.495 e. The van der Waals surface area contributed by atoms with Crippen LogP contribution in [0.15, 0.2) is 23.1 Å². The van der Waals surface area contributed by atoms with Crippen LogP contribution in [-0.2, 0) is 16.6 Å². The van der Waals surface area contributed by atoms with Gasteiger partial charge in [0.2, 0.25) is 10.0 Å². The molecule has 1 N–H and O–H groups in total. The SMILES string of the molecule is COc1ccc(CO)cc1S(=O)(=O)N1CCCC1C(C)C. The summed E-state index contributed by atoms with van der Waals surface area (Å²) in [7, 11) is -2.16. The molecular formula is C15H23NO4S. The van der Waals surface area contributed by atoms with Gasteiger partial charge < -0.3 is 9.84 Å². The summed E-state index contributed by atoms with van der Waals surface area (Å²) >= 11 is 0. The van der Waals surface area contributed by atoms with E-state index in [1.807, 2.05) is 13.8 Å². The van der Waals surface area contributed by atoms with Crippen molar-refractivity contribution < 1.29 is 18.3 Å². The standard InChI is InChI=1S/C15H23NO4S/c1-11(2)13-5-4-8-16(13)21(18,19)15-9-12(10-17)6-7-14(15)20-3/h6-7,9,11,13,17H,4-5,8,10H2,1-3H3. The van der Waals surface area contributed by atoms with Crippen molar-refractivity contribution in [3.8, 4) is 5.75 Å². The van der Waals surface area contributed by atoms with Gasteiger partial charge >= 0.3 is 0 Å². The Bertz CT molecular complexity index is 598. The highest BCUT2D eigenvalue weighted by Gasteiger charge is 2.38. The topological polar surface area (TPSA) is 66.8 Å². The molecule has 0 amide bonds. The quantitative estimate of drug-likeness (QED) is 0.903. The van der Waals surface area contributed by atoms with E-state index in [4.69, 9.17) is 4.74 Å². The Morgan fingerprint density at radius 1 is 1.43 bits per heavy atom. The monoisotopic (exact) mass is 313 g/mol. The Hall–Kier alpha value is -1.11. The predicted molar refractivity (Wildman–Crippen MR) is 80.7 cm³/mol. The summed E-state index contributed by atoms with van der Waals surface area (Å²) in [5, 5.41) is 9.25. The largest absolute Gasteiger partial charge is 0.495 e. The summed E-state index contributed by atoms with van der Waals surface area (Å²) in [6, 6.07) is 4.79. The third-order valence-electron chi connectivity index (χ3n) is 4.02. The molecule has 1 aromatic rings. The minimum absolute atomic E-state index is 0.0255. The normalized spacial score (nSPS) is 20.1. The first kappa shape index (κ1) is 16.3. The molecular weight excluding hydrogens is 290 g/mol. The van der Waals surface area contributed by atoms with Gasteiger partial charge in [-0.25, -0.2) is 8.42 Å². The van der Waals surface area contributed by atoms with Gasteiger partial charge in [0, 0.05) is 12.6 Å². The van der Waals surface area contributed by atoms with Crippen LogP contribution in [0.2, 0.25) is 0 Å². The van der Waals surface area contributed by atoms with E-state index in [0.29, 0.717) is 17.9 Å². The number of rotatable bonds is 5. The van der Waals surface area contributed by atoms with Gasteiger partial charge in [-0.3, -0.25) is 0 Å². The molecule has 21 heavy (non-hydrogen) atoms. The molecule has 0 aliphatic carbocycles. The van der Waals surface area contributed by atoms with E-state index in [1.54, 1.807) is 16.4 Å². The average Bonchev–Trinajstić information content (AvgIpc) is 2.97. The zero-order chi connectivity index (χ0) is 15.6. The minimum atomic E-state index is -3.61. The highest BCUT2D eigenvalue weighted by Crippen LogP contribution is 2.34. The zero-order valence-corrected chi connectivity index (χ0v) is 13.6. The van der Waals surface area contributed by atoms with Gasteiger partial charge in [-0.2, -0.15) is 4.31 Å². The average molecular weight is 313 g/mol. The Kier molecular flexibility index (Phi) is 4.91. The molecule has 5 nitrogen and oxygen atoms in total. The van der Waals surface area contributed by atoms with E-state index in [2.05, 4.69) is 0 Å². The molecule has 1 saturated heterocycles. The summed E-state index contributed by atoms with van der Waals surface area (Å²) in [6.07, 6.45) is 1.77. The molecule has 1 aliphatic rings. The molecule has 1 aromatic carbocycles. The zero-order valence-electron chi connectivity index (χ0n) is 12.7. The number of benzene rings is 1. The maximum atomic E-state index is 13.0. The number of sulfonamides is 1. The van der Waals surface area contributed by atoms with Gasteiger partial charge in [0.25, 0.3) is 0 Å². The van der Waals surface area contributed by atoms with Gasteiger partial charge in [-0.15, -0.1) is 0 Å². The van der Waals surface area contributed by atoms with E-state index in [1.165, 1.54) is 13.2 Å². The molecule has 1 fully saturated rings. The predicted octanol–water partition coefficient (Wildman–Crippen LogP) is 2.00. The first-order chi connectivity index (χ1) is 9.91. The molecule has 1 unspecified atom stereocenters. The van der Waals surface area contributed by atoms with Crippen molar-refractivity contribution in [2.24, 2.45) is 5.92 Å². The molecule has 0 spiro atoms. The highest BCUT2D eigenvalue weighted by molar-refractivity contribution is 7.89. The van der Waals surface area contributed by atoms with E-state index in [0.717, 1.165) is 12.8 Å². The van der Waals surface area contributed by atoms with Gasteiger partial charge in [0.1, 0.15) is 10.6 Å². The lowest BCUT2D eigenvalue weighted by molar-refractivity contribution is 0.281. The third kappa shape index (κ3) is 3.07. The first-order valence-corrected chi connectivity index (χ1v) is 8.65. The van der Waals surface area contributed by atoms with Crippen molar-refractivity contribution in [1.29, 1.82) is 0 Å². The number of ether oxygens (including phenoxy) is 1. The van der Waals surface area contributed by atoms with Crippen LogP contribution in [0.25, 0.3) is 0 Å². The second-order valence-electron chi connectivity index (χ2n) is 5.71. The lowest BCUT2D eigenvalue weighted by Crippen LogP contribution is -2.38. The highest BCUT2D eigenvalue weighted by atomic mass is 32.2. The number of aliphatic hydroxyl groups is 1. The fraction of sp³-hybridized carbons (Fsp3) is 0.600. The number of aliphatic hydroxyl groups excluding tert-OH is 1. The van der Waals surface area contributed by atoms with Crippen molar-refractivity contribution >= 4 is 10.0 Å². The van der Waals surface area contributed by atoms with Crippen LogP contribution in [0, 0.1) is 5.92 Å². The fourth-order valence-electron chi connectivity index (χ4n) is 2.88. The molecule has 0 radical (unpaired) electrons. The summed E-state index contributed by atoms with van der Waals surface area (Å²) in [5.41, 5.74) is 0.565. The van der Waals surface area contributed by atoms with Crippen molar-refractivity contribution in [2.45, 2.75) is 44.2 Å². The van der Waals surface area contributed by atoms with E-state index in [9.17, 15) is 13.5 Å². The molecule has 1 atom stereocenters. The summed E-state index contributed by atoms with van der Waals surface area (Å²) < 4.78 is 32.7. The number of methoxy groups -OCH3 is 1. The fourth-order valence-corrected chi connectivity index (χ4v) is 4.91. The molecule has 0 aromatic heterocycles. The molecule has 0 bridgehead atoms. The maximum absolute atomic E-state index is 13.0. The summed E-state index contributed by atoms with van der Waals surface area (Å²) in [4.78, 5) is 0.143. The Labute approximate surface area is 126 Å². The Balaban J connectivity index is 2.48. The van der Waals surface area contributed by atoms with Crippen LogP contribution in [0.4, 0.5) is 0 Å². The van der Waals surface area contributed by atoms with Crippen LogP contribution >= 0.6 is 0 Å². The van der Waals surface area contributed by atoms with Crippen LogP contribution in [-0.4, -0.2) is 37.5 Å². The number of nitrogens with zero attached hydrogens (tertiary/aromatic N) is 1. The smallest absolute Gasteiger partial charge is 0.247 e. The van der Waals surface area contributed by atoms with Crippen molar-refractivity contribution in [2.75, 3.05) is 13.7 Å². The second-order valence-corrected chi connectivity index (χ2v) is 7.57. The van der Waals surface area contributed by atoms with E-state index >= 15 is 0 Å². The van der Waals surface area contributed by atoms with Crippen LogP contribution < -0.4 is 4.74 Å².